The summed E-state index contributed by atoms with van der Waals surface area (Å²) < 4.78 is 5.34. The number of aliphatic carboxylic acids is 1. The van der Waals surface area contributed by atoms with Gasteiger partial charge in [-0.25, -0.2) is 0 Å². The molecule has 0 aliphatic heterocycles. The second kappa shape index (κ2) is 8.79. The van der Waals surface area contributed by atoms with Crippen LogP contribution in [-0.4, -0.2) is 30.3 Å². The van der Waals surface area contributed by atoms with E-state index in [4.69, 9.17) is 10.5 Å². The van der Waals surface area contributed by atoms with E-state index in [-0.39, 0.29) is 12.6 Å². The van der Waals surface area contributed by atoms with Crippen molar-refractivity contribution in [1.82, 2.24) is 0 Å². The van der Waals surface area contributed by atoms with Gasteiger partial charge < -0.3 is 15.6 Å². The van der Waals surface area contributed by atoms with Gasteiger partial charge in [0.15, 0.2) is 0 Å². The van der Waals surface area contributed by atoms with Crippen molar-refractivity contribution in [3.63, 3.8) is 0 Å². The molecule has 0 aliphatic rings. The Balaban J connectivity index is 2.00. The molecule has 4 heteroatoms. The SMILES string of the molecule is CCOCC(C)(C[C@H](N)Cc1ccc(-c2ccccc2)cc1)C(=O)O. The molecule has 0 bridgehead atoms. The Hall–Kier alpha value is -2.17. The van der Waals surface area contributed by atoms with Gasteiger partial charge in [-0.15, -0.1) is 0 Å². The van der Waals surface area contributed by atoms with Crippen molar-refractivity contribution in [2.45, 2.75) is 32.7 Å². The zero-order chi connectivity index (χ0) is 18.3. The number of carboxylic acid groups (broad SMARTS) is 1. The van der Waals surface area contributed by atoms with E-state index in [0.29, 0.717) is 19.4 Å². The smallest absolute Gasteiger partial charge is 0.311 e. The van der Waals surface area contributed by atoms with E-state index in [1.165, 1.54) is 5.56 Å². The maximum Gasteiger partial charge on any atom is 0.311 e. The highest BCUT2D eigenvalue weighted by molar-refractivity contribution is 5.74. The maximum atomic E-state index is 11.6. The molecule has 2 atom stereocenters. The summed E-state index contributed by atoms with van der Waals surface area (Å²) in [5.41, 5.74) is 8.71. The van der Waals surface area contributed by atoms with Crippen molar-refractivity contribution >= 4 is 5.97 Å². The molecule has 0 fully saturated rings. The zero-order valence-electron chi connectivity index (χ0n) is 14.9. The first-order valence-corrected chi connectivity index (χ1v) is 8.65. The fraction of sp³-hybridized carbons (Fsp3) is 0.381. The van der Waals surface area contributed by atoms with Crippen molar-refractivity contribution in [1.29, 1.82) is 0 Å². The van der Waals surface area contributed by atoms with Crippen molar-refractivity contribution in [3.8, 4) is 11.1 Å². The lowest BCUT2D eigenvalue weighted by Gasteiger charge is -2.27. The molecular formula is C21H27NO3. The van der Waals surface area contributed by atoms with E-state index in [2.05, 4.69) is 36.4 Å². The first kappa shape index (κ1) is 19.2. The van der Waals surface area contributed by atoms with Crippen molar-refractivity contribution in [2.24, 2.45) is 11.1 Å². The topological polar surface area (TPSA) is 72.5 Å². The molecule has 0 amide bonds. The van der Waals surface area contributed by atoms with Crippen LogP contribution in [0.3, 0.4) is 0 Å². The van der Waals surface area contributed by atoms with E-state index < -0.39 is 11.4 Å². The van der Waals surface area contributed by atoms with Gasteiger partial charge in [-0.2, -0.15) is 0 Å². The summed E-state index contributed by atoms with van der Waals surface area (Å²) in [5.74, 6) is -0.865. The molecule has 134 valence electrons. The summed E-state index contributed by atoms with van der Waals surface area (Å²) in [5, 5.41) is 9.50. The molecule has 0 aromatic heterocycles. The predicted molar refractivity (Wildman–Crippen MR) is 100 cm³/mol. The molecule has 0 heterocycles. The van der Waals surface area contributed by atoms with Gasteiger partial charge in [0.1, 0.15) is 0 Å². The lowest BCUT2D eigenvalue weighted by atomic mass is 9.83. The fourth-order valence-corrected chi connectivity index (χ4v) is 2.95. The number of benzene rings is 2. The van der Waals surface area contributed by atoms with Crippen LogP contribution in [0.4, 0.5) is 0 Å². The summed E-state index contributed by atoms with van der Waals surface area (Å²) in [6.45, 7) is 4.23. The molecule has 2 aromatic carbocycles. The fourth-order valence-electron chi connectivity index (χ4n) is 2.95. The molecule has 0 radical (unpaired) electrons. The van der Waals surface area contributed by atoms with E-state index in [0.717, 1.165) is 11.1 Å². The first-order valence-electron chi connectivity index (χ1n) is 8.65. The van der Waals surface area contributed by atoms with Crippen LogP contribution >= 0.6 is 0 Å². The number of nitrogens with two attached hydrogens (primary N) is 1. The molecule has 0 spiro atoms. The minimum absolute atomic E-state index is 0.180. The Morgan fingerprint density at radius 1 is 1.12 bits per heavy atom. The van der Waals surface area contributed by atoms with Crippen molar-refractivity contribution < 1.29 is 14.6 Å². The minimum atomic E-state index is -0.959. The lowest BCUT2D eigenvalue weighted by Crippen LogP contribution is -2.40. The molecular weight excluding hydrogens is 314 g/mol. The predicted octanol–water partition coefficient (Wildman–Crippen LogP) is 3.74. The third-order valence-electron chi connectivity index (χ3n) is 4.41. The van der Waals surface area contributed by atoms with Gasteiger partial charge in [0.25, 0.3) is 0 Å². The van der Waals surface area contributed by atoms with Crippen LogP contribution in [0.2, 0.25) is 0 Å². The number of carbonyl (C=O) groups is 1. The Bertz CT molecular complexity index is 669. The van der Waals surface area contributed by atoms with Crippen LogP contribution in [0.15, 0.2) is 54.6 Å². The van der Waals surface area contributed by atoms with Crippen molar-refractivity contribution in [3.05, 3.63) is 60.2 Å². The third-order valence-corrected chi connectivity index (χ3v) is 4.41. The van der Waals surface area contributed by atoms with Gasteiger partial charge in [0, 0.05) is 12.6 Å². The lowest BCUT2D eigenvalue weighted by molar-refractivity contribution is -0.152. The first-order chi connectivity index (χ1) is 11.9. The molecule has 2 rings (SSSR count). The van der Waals surface area contributed by atoms with Crippen LogP contribution in [0.5, 0.6) is 0 Å². The van der Waals surface area contributed by atoms with Gasteiger partial charge in [-0.1, -0.05) is 54.6 Å². The van der Waals surface area contributed by atoms with Crippen LogP contribution in [-0.2, 0) is 16.0 Å². The Kier molecular flexibility index (Phi) is 6.73. The van der Waals surface area contributed by atoms with Crippen LogP contribution in [0.1, 0.15) is 25.8 Å². The molecule has 0 saturated heterocycles. The average Bonchev–Trinajstić information content (AvgIpc) is 2.61. The van der Waals surface area contributed by atoms with Gasteiger partial charge in [-0.05, 0) is 43.4 Å². The normalized spacial score (nSPS) is 14.7. The van der Waals surface area contributed by atoms with Gasteiger partial charge in [-0.3, -0.25) is 4.79 Å². The monoisotopic (exact) mass is 341 g/mol. The molecule has 3 N–H and O–H groups in total. The molecule has 0 aliphatic carbocycles. The average molecular weight is 341 g/mol. The second-order valence-corrected chi connectivity index (χ2v) is 6.73. The number of hydrogen-bond acceptors (Lipinski definition) is 3. The minimum Gasteiger partial charge on any atom is -0.481 e. The standard InChI is InChI=1S/C21H27NO3/c1-3-25-15-21(2,20(23)24)14-19(22)13-16-9-11-18(12-10-16)17-7-5-4-6-8-17/h4-12,19H,3,13-15,22H2,1-2H3,(H,23,24)/t19-,21?/m1/s1. The van der Waals surface area contributed by atoms with Crippen molar-refractivity contribution in [2.75, 3.05) is 13.2 Å². The molecule has 0 saturated carbocycles. The quantitative estimate of drug-likeness (QED) is 0.729. The summed E-state index contributed by atoms with van der Waals surface area (Å²) in [6.07, 6.45) is 1.02. The molecule has 4 nitrogen and oxygen atoms in total. The summed E-state index contributed by atoms with van der Waals surface area (Å²) in [6, 6.07) is 18.2. The third kappa shape index (κ3) is 5.41. The maximum absolute atomic E-state index is 11.6. The highest BCUT2D eigenvalue weighted by Gasteiger charge is 2.35. The highest BCUT2D eigenvalue weighted by atomic mass is 16.5. The Labute approximate surface area is 149 Å². The Morgan fingerprint density at radius 2 is 1.72 bits per heavy atom. The summed E-state index contributed by atoms with van der Waals surface area (Å²) in [4.78, 5) is 11.6. The number of hydrogen-bond donors (Lipinski definition) is 2. The molecule has 2 aromatic rings. The molecule has 1 unspecified atom stereocenters. The highest BCUT2D eigenvalue weighted by Crippen LogP contribution is 2.26. The van der Waals surface area contributed by atoms with E-state index in [1.807, 2.05) is 25.1 Å². The van der Waals surface area contributed by atoms with Crippen LogP contribution in [0, 0.1) is 5.41 Å². The number of ether oxygens (including phenoxy) is 1. The zero-order valence-corrected chi connectivity index (χ0v) is 14.9. The second-order valence-electron chi connectivity index (χ2n) is 6.73. The van der Waals surface area contributed by atoms with Gasteiger partial charge >= 0.3 is 5.97 Å². The van der Waals surface area contributed by atoms with Gasteiger partial charge in [0.05, 0.1) is 12.0 Å². The van der Waals surface area contributed by atoms with E-state index in [9.17, 15) is 9.90 Å². The van der Waals surface area contributed by atoms with Crippen LogP contribution in [0.25, 0.3) is 11.1 Å². The van der Waals surface area contributed by atoms with Crippen LogP contribution < -0.4 is 5.73 Å². The number of carboxylic acids is 1. The summed E-state index contributed by atoms with van der Waals surface area (Å²) >= 11 is 0. The van der Waals surface area contributed by atoms with E-state index >= 15 is 0 Å². The molecule has 25 heavy (non-hydrogen) atoms. The largest absolute Gasteiger partial charge is 0.481 e. The number of rotatable bonds is 9. The summed E-state index contributed by atoms with van der Waals surface area (Å²) in [7, 11) is 0. The van der Waals surface area contributed by atoms with Gasteiger partial charge in [0.2, 0.25) is 0 Å². The van der Waals surface area contributed by atoms with E-state index in [1.54, 1.807) is 6.92 Å². The Morgan fingerprint density at radius 3 is 2.28 bits per heavy atom.